The summed E-state index contributed by atoms with van der Waals surface area (Å²) in [4.78, 5) is 12.4. The molecule has 0 aliphatic carbocycles. The van der Waals surface area contributed by atoms with Crippen LogP contribution >= 0.6 is 35.3 Å². The van der Waals surface area contributed by atoms with Crippen molar-refractivity contribution in [3.8, 4) is 0 Å². The number of aliphatic imine (C=N–C) groups is 1. The number of halogens is 1. The summed E-state index contributed by atoms with van der Waals surface area (Å²) < 4.78 is 1.83. The molecule has 146 valence electrons. The molecule has 0 saturated carbocycles. The first kappa shape index (κ1) is 22.8. The van der Waals surface area contributed by atoms with Gasteiger partial charge in [-0.25, -0.2) is 4.98 Å². The van der Waals surface area contributed by atoms with E-state index >= 15 is 0 Å². The van der Waals surface area contributed by atoms with Crippen LogP contribution in [0.25, 0.3) is 0 Å². The molecule has 1 unspecified atom stereocenters. The van der Waals surface area contributed by atoms with E-state index in [1.165, 1.54) is 15.4 Å². The molecular formula is C17H30IN7S. The first-order valence-corrected chi connectivity index (χ1v) is 9.24. The van der Waals surface area contributed by atoms with Crippen molar-refractivity contribution in [2.75, 3.05) is 34.2 Å². The lowest BCUT2D eigenvalue weighted by Crippen LogP contribution is -2.42. The van der Waals surface area contributed by atoms with Crippen LogP contribution in [-0.4, -0.2) is 59.9 Å². The van der Waals surface area contributed by atoms with Gasteiger partial charge in [0, 0.05) is 50.2 Å². The first-order chi connectivity index (χ1) is 11.9. The third-order valence-corrected chi connectivity index (χ3v) is 5.26. The van der Waals surface area contributed by atoms with Gasteiger partial charge in [-0.05, 0) is 27.9 Å². The lowest BCUT2D eigenvalue weighted by atomic mass is 10.1. The smallest absolute Gasteiger partial charge is 0.191 e. The van der Waals surface area contributed by atoms with Crippen molar-refractivity contribution in [2.24, 2.45) is 12.0 Å². The molecule has 0 spiro atoms. The number of guanidine groups is 1. The van der Waals surface area contributed by atoms with Gasteiger partial charge in [0.05, 0.1) is 22.9 Å². The van der Waals surface area contributed by atoms with Crippen molar-refractivity contribution in [3.63, 3.8) is 0 Å². The molecular weight excluding hydrogens is 461 g/mol. The Morgan fingerprint density at radius 2 is 2.08 bits per heavy atom. The van der Waals surface area contributed by atoms with Crippen LogP contribution in [0.1, 0.15) is 27.2 Å². The molecule has 0 amide bonds. The summed E-state index contributed by atoms with van der Waals surface area (Å²) in [5, 5.41) is 12.2. The molecule has 26 heavy (non-hydrogen) atoms. The van der Waals surface area contributed by atoms with Gasteiger partial charge in [0.15, 0.2) is 5.96 Å². The van der Waals surface area contributed by atoms with Crippen LogP contribution in [0.2, 0.25) is 0 Å². The van der Waals surface area contributed by atoms with Crippen molar-refractivity contribution in [1.82, 2.24) is 30.3 Å². The standard InChI is InChI=1S/C17H29N7S.HI/c1-12-13(2)25-16(22-12)7-8-19-17(18-3)20-10-15(23(4)5)14-9-21-24(6)11-14;/h9,11,15H,7-8,10H2,1-6H3,(H2,18,19,20);1H. The molecule has 0 aliphatic heterocycles. The van der Waals surface area contributed by atoms with Crippen molar-refractivity contribution in [3.05, 3.63) is 33.5 Å². The average molecular weight is 491 g/mol. The molecule has 0 fully saturated rings. The van der Waals surface area contributed by atoms with Gasteiger partial charge in [0.1, 0.15) is 0 Å². The summed E-state index contributed by atoms with van der Waals surface area (Å²) in [5.41, 5.74) is 2.32. The predicted octanol–water partition coefficient (Wildman–Crippen LogP) is 2.12. The Bertz CT molecular complexity index is 688. The zero-order valence-electron chi connectivity index (χ0n) is 16.4. The summed E-state index contributed by atoms with van der Waals surface area (Å²) in [6.45, 7) is 5.74. The van der Waals surface area contributed by atoms with Crippen LogP contribution in [-0.2, 0) is 13.5 Å². The van der Waals surface area contributed by atoms with Crippen LogP contribution in [0.15, 0.2) is 17.4 Å². The van der Waals surface area contributed by atoms with Crippen LogP contribution in [0.5, 0.6) is 0 Å². The number of rotatable bonds is 7. The fourth-order valence-electron chi connectivity index (χ4n) is 2.56. The van der Waals surface area contributed by atoms with Crippen LogP contribution in [0, 0.1) is 13.8 Å². The van der Waals surface area contributed by atoms with Gasteiger partial charge in [0.25, 0.3) is 0 Å². The number of aryl methyl sites for hydroxylation is 3. The number of nitrogens with zero attached hydrogens (tertiary/aromatic N) is 5. The van der Waals surface area contributed by atoms with E-state index in [0.29, 0.717) is 0 Å². The molecule has 2 heterocycles. The molecule has 7 nitrogen and oxygen atoms in total. The van der Waals surface area contributed by atoms with Crippen LogP contribution in [0.3, 0.4) is 0 Å². The van der Waals surface area contributed by atoms with Crippen molar-refractivity contribution in [2.45, 2.75) is 26.3 Å². The number of likely N-dealkylation sites (N-methyl/N-ethyl adjacent to an activating group) is 1. The molecule has 1 atom stereocenters. The monoisotopic (exact) mass is 491 g/mol. The number of thiazole rings is 1. The maximum Gasteiger partial charge on any atom is 0.191 e. The summed E-state index contributed by atoms with van der Waals surface area (Å²) in [7, 11) is 7.87. The Morgan fingerprint density at radius 3 is 2.58 bits per heavy atom. The van der Waals surface area contributed by atoms with Gasteiger partial charge >= 0.3 is 0 Å². The second-order valence-electron chi connectivity index (χ2n) is 6.31. The predicted molar refractivity (Wildman–Crippen MR) is 120 cm³/mol. The Hall–Kier alpha value is -1.20. The van der Waals surface area contributed by atoms with E-state index in [-0.39, 0.29) is 30.0 Å². The van der Waals surface area contributed by atoms with Gasteiger partial charge < -0.3 is 15.5 Å². The normalized spacial score (nSPS) is 12.8. The second kappa shape index (κ2) is 10.8. The van der Waals surface area contributed by atoms with Crippen molar-refractivity contribution in [1.29, 1.82) is 0 Å². The van der Waals surface area contributed by atoms with E-state index in [2.05, 4.69) is 64.7 Å². The Balaban J connectivity index is 0.00000338. The SMILES string of the molecule is CN=C(NCCc1nc(C)c(C)s1)NCC(c1cnn(C)c1)N(C)C.I. The molecule has 0 saturated heterocycles. The highest BCUT2D eigenvalue weighted by molar-refractivity contribution is 14.0. The highest BCUT2D eigenvalue weighted by atomic mass is 127. The zero-order chi connectivity index (χ0) is 18.4. The Labute approximate surface area is 177 Å². The van der Waals surface area contributed by atoms with Crippen LogP contribution < -0.4 is 10.6 Å². The van der Waals surface area contributed by atoms with Gasteiger partial charge in [-0.3, -0.25) is 9.67 Å². The molecule has 0 aliphatic rings. The van der Waals surface area contributed by atoms with Gasteiger partial charge in [0.2, 0.25) is 0 Å². The minimum absolute atomic E-state index is 0. The largest absolute Gasteiger partial charge is 0.356 e. The maximum absolute atomic E-state index is 4.57. The van der Waals surface area contributed by atoms with Crippen LogP contribution in [0.4, 0.5) is 0 Å². The third-order valence-electron chi connectivity index (χ3n) is 4.12. The molecule has 2 aromatic rings. The summed E-state index contributed by atoms with van der Waals surface area (Å²) in [5.74, 6) is 0.806. The van der Waals surface area contributed by atoms with E-state index in [4.69, 9.17) is 0 Å². The lowest BCUT2D eigenvalue weighted by molar-refractivity contribution is 0.298. The number of nitrogens with one attached hydrogen (secondary N) is 2. The van der Waals surface area contributed by atoms with E-state index in [1.807, 2.05) is 17.9 Å². The number of aromatic nitrogens is 3. The Kier molecular flexibility index (Phi) is 9.51. The topological polar surface area (TPSA) is 70.4 Å². The minimum atomic E-state index is 0. The quantitative estimate of drug-likeness (QED) is 0.353. The highest BCUT2D eigenvalue weighted by Crippen LogP contribution is 2.17. The molecule has 0 radical (unpaired) electrons. The minimum Gasteiger partial charge on any atom is -0.356 e. The van der Waals surface area contributed by atoms with Gasteiger partial charge in [-0.1, -0.05) is 0 Å². The van der Waals surface area contributed by atoms with E-state index in [0.717, 1.165) is 31.2 Å². The van der Waals surface area contributed by atoms with E-state index < -0.39 is 0 Å². The van der Waals surface area contributed by atoms with E-state index in [9.17, 15) is 0 Å². The summed E-state index contributed by atoms with van der Waals surface area (Å²) in [6, 6.07) is 0.233. The third kappa shape index (κ3) is 6.51. The number of hydrogen-bond acceptors (Lipinski definition) is 5. The van der Waals surface area contributed by atoms with Gasteiger partial charge in [-0.15, -0.1) is 35.3 Å². The molecule has 2 aromatic heterocycles. The molecule has 0 aromatic carbocycles. The van der Waals surface area contributed by atoms with Crippen molar-refractivity contribution < 1.29 is 0 Å². The fraction of sp³-hybridized carbons (Fsp3) is 0.588. The zero-order valence-corrected chi connectivity index (χ0v) is 19.6. The Morgan fingerprint density at radius 1 is 1.35 bits per heavy atom. The highest BCUT2D eigenvalue weighted by Gasteiger charge is 2.16. The van der Waals surface area contributed by atoms with E-state index in [1.54, 1.807) is 18.4 Å². The maximum atomic E-state index is 4.57. The van der Waals surface area contributed by atoms with Crippen molar-refractivity contribution >= 4 is 41.3 Å². The summed E-state index contributed by atoms with van der Waals surface area (Å²) >= 11 is 1.77. The summed E-state index contributed by atoms with van der Waals surface area (Å²) in [6.07, 6.45) is 4.87. The molecule has 2 N–H and O–H groups in total. The molecule has 9 heteroatoms. The average Bonchev–Trinajstić information content (AvgIpc) is 3.11. The second-order valence-corrected chi connectivity index (χ2v) is 7.59. The fourth-order valence-corrected chi connectivity index (χ4v) is 3.49. The molecule has 0 bridgehead atoms. The van der Waals surface area contributed by atoms with Gasteiger partial charge in [-0.2, -0.15) is 5.10 Å². The number of hydrogen-bond donors (Lipinski definition) is 2. The lowest BCUT2D eigenvalue weighted by Gasteiger charge is -2.24. The first-order valence-electron chi connectivity index (χ1n) is 8.43. The molecule has 2 rings (SSSR count).